The molecule has 0 bridgehead atoms. The first kappa shape index (κ1) is 15.2. The fourth-order valence-electron chi connectivity index (χ4n) is 2.72. The summed E-state index contributed by atoms with van der Waals surface area (Å²) in [4.78, 5) is 1.70. The van der Waals surface area contributed by atoms with Crippen LogP contribution in [0, 0.1) is 17.5 Å². The van der Waals surface area contributed by atoms with Crippen LogP contribution in [0.2, 0.25) is 0 Å². The Bertz CT molecular complexity index is 441. The van der Waals surface area contributed by atoms with Gasteiger partial charge in [0.15, 0.2) is 11.6 Å². The summed E-state index contributed by atoms with van der Waals surface area (Å²) in [6.45, 7) is 5.29. The summed E-state index contributed by atoms with van der Waals surface area (Å²) in [6, 6.07) is 2.14. The second kappa shape index (κ2) is 6.48. The minimum Gasteiger partial charge on any atom is -0.367 e. The molecule has 0 spiro atoms. The number of anilines is 1. The largest absolute Gasteiger partial charge is 0.367 e. The second-order valence-electron chi connectivity index (χ2n) is 5.46. The monoisotopic (exact) mass is 286 g/mol. The minimum atomic E-state index is -0.878. The van der Waals surface area contributed by atoms with E-state index in [0.717, 1.165) is 31.4 Å². The predicted molar refractivity (Wildman–Crippen MR) is 74.4 cm³/mol. The Morgan fingerprint density at radius 2 is 1.75 bits per heavy atom. The maximum Gasteiger partial charge on any atom is 0.152 e. The molecule has 1 aliphatic rings. The van der Waals surface area contributed by atoms with E-state index in [1.54, 1.807) is 4.90 Å². The number of nitrogens with zero attached hydrogens (tertiary/aromatic N) is 1. The normalized spacial score (nSPS) is 24.4. The van der Waals surface area contributed by atoms with Crippen molar-refractivity contribution in [3.63, 3.8) is 0 Å². The summed E-state index contributed by atoms with van der Waals surface area (Å²) >= 11 is 0. The van der Waals surface area contributed by atoms with Crippen molar-refractivity contribution in [1.82, 2.24) is 5.32 Å². The van der Waals surface area contributed by atoms with E-state index in [9.17, 15) is 13.2 Å². The van der Waals surface area contributed by atoms with Gasteiger partial charge < -0.3 is 10.2 Å². The summed E-state index contributed by atoms with van der Waals surface area (Å²) in [5.74, 6) is -2.52. The molecule has 20 heavy (non-hydrogen) atoms. The van der Waals surface area contributed by atoms with E-state index in [0.29, 0.717) is 25.2 Å². The number of nitrogens with one attached hydrogen (secondary N) is 1. The molecule has 0 aromatic heterocycles. The van der Waals surface area contributed by atoms with Crippen molar-refractivity contribution in [2.75, 3.05) is 18.0 Å². The van der Waals surface area contributed by atoms with E-state index >= 15 is 0 Å². The van der Waals surface area contributed by atoms with Crippen LogP contribution in [0.5, 0.6) is 0 Å². The van der Waals surface area contributed by atoms with Crippen LogP contribution in [0.1, 0.15) is 33.1 Å². The lowest BCUT2D eigenvalue weighted by Gasteiger charge is -2.33. The molecule has 5 heteroatoms. The molecule has 0 amide bonds. The topological polar surface area (TPSA) is 15.3 Å². The van der Waals surface area contributed by atoms with Gasteiger partial charge in [-0.05, 0) is 26.2 Å². The van der Waals surface area contributed by atoms with Gasteiger partial charge in [-0.1, -0.05) is 6.92 Å². The summed E-state index contributed by atoms with van der Waals surface area (Å²) < 4.78 is 40.7. The van der Waals surface area contributed by atoms with Crippen molar-refractivity contribution >= 4 is 5.69 Å². The Balaban J connectivity index is 2.22. The van der Waals surface area contributed by atoms with E-state index in [-0.39, 0.29) is 5.69 Å². The highest BCUT2D eigenvalue weighted by Gasteiger charge is 2.22. The van der Waals surface area contributed by atoms with Crippen LogP contribution < -0.4 is 10.2 Å². The molecule has 112 valence electrons. The van der Waals surface area contributed by atoms with Crippen LogP contribution >= 0.6 is 0 Å². The Kier molecular flexibility index (Phi) is 4.91. The first-order valence-electron chi connectivity index (χ1n) is 7.16. The molecule has 1 fully saturated rings. The molecule has 1 heterocycles. The Hall–Kier alpha value is -1.23. The molecule has 0 aliphatic carbocycles. The van der Waals surface area contributed by atoms with Gasteiger partial charge in [-0.15, -0.1) is 0 Å². The Morgan fingerprint density at radius 3 is 2.35 bits per heavy atom. The Labute approximate surface area is 118 Å². The summed E-state index contributed by atoms with van der Waals surface area (Å²) in [7, 11) is 0. The number of hydrogen-bond donors (Lipinski definition) is 1. The highest BCUT2D eigenvalue weighted by atomic mass is 19.1. The van der Waals surface area contributed by atoms with Crippen LogP contribution in [-0.4, -0.2) is 25.2 Å². The van der Waals surface area contributed by atoms with Crippen molar-refractivity contribution in [2.45, 2.75) is 45.2 Å². The first-order chi connectivity index (χ1) is 9.51. The molecule has 0 saturated carbocycles. The molecule has 2 nitrogen and oxygen atoms in total. The zero-order valence-corrected chi connectivity index (χ0v) is 11.9. The summed E-state index contributed by atoms with van der Waals surface area (Å²) in [5.41, 5.74) is -0.102. The highest BCUT2D eigenvalue weighted by molar-refractivity contribution is 5.49. The van der Waals surface area contributed by atoms with E-state index in [1.165, 1.54) is 0 Å². The van der Waals surface area contributed by atoms with E-state index < -0.39 is 17.5 Å². The van der Waals surface area contributed by atoms with Gasteiger partial charge in [0.2, 0.25) is 0 Å². The summed E-state index contributed by atoms with van der Waals surface area (Å²) in [5, 5.41) is 3.50. The zero-order chi connectivity index (χ0) is 14.7. The van der Waals surface area contributed by atoms with Gasteiger partial charge in [-0.3, -0.25) is 0 Å². The smallest absolute Gasteiger partial charge is 0.152 e. The maximum atomic E-state index is 13.9. The third-order valence-corrected chi connectivity index (χ3v) is 3.89. The van der Waals surface area contributed by atoms with Crippen LogP contribution in [0.4, 0.5) is 18.9 Å². The lowest BCUT2D eigenvalue weighted by atomic mass is 10.0. The first-order valence-corrected chi connectivity index (χ1v) is 7.16. The fraction of sp³-hybridized carbons (Fsp3) is 0.600. The molecular formula is C15H21F3N2. The fourth-order valence-corrected chi connectivity index (χ4v) is 2.72. The third-order valence-electron chi connectivity index (χ3n) is 3.89. The molecular weight excluding hydrogens is 265 g/mol. The highest BCUT2D eigenvalue weighted by Crippen LogP contribution is 2.26. The van der Waals surface area contributed by atoms with E-state index in [4.69, 9.17) is 0 Å². The van der Waals surface area contributed by atoms with Gasteiger partial charge in [-0.25, -0.2) is 13.2 Å². The van der Waals surface area contributed by atoms with Gasteiger partial charge in [0.1, 0.15) is 11.5 Å². The third kappa shape index (κ3) is 3.45. The molecule has 1 aromatic carbocycles. The standard InChI is InChI=1S/C15H21F3N2/c1-3-12-5-7-20(6-4-10(2)19-12)15-13(17)8-11(16)9-14(15)18/h8-10,12,19H,3-7H2,1-2H3. The predicted octanol–water partition coefficient (Wildman–Crippen LogP) is 3.46. The molecule has 1 saturated heterocycles. The molecule has 2 atom stereocenters. The second-order valence-corrected chi connectivity index (χ2v) is 5.46. The lowest BCUT2D eigenvalue weighted by Crippen LogP contribution is -2.44. The quantitative estimate of drug-likeness (QED) is 0.895. The number of halogens is 3. The van der Waals surface area contributed by atoms with Crippen LogP contribution in [0.25, 0.3) is 0 Å². The van der Waals surface area contributed by atoms with Gasteiger partial charge >= 0.3 is 0 Å². The summed E-state index contributed by atoms with van der Waals surface area (Å²) in [6.07, 6.45) is 2.59. The van der Waals surface area contributed by atoms with Gasteiger partial charge in [0.05, 0.1) is 0 Å². The van der Waals surface area contributed by atoms with Crippen molar-refractivity contribution in [1.29, 1.82) is 0 Å². The molecule has 1 aromatic rings. The maximum absolute atomic E-state index is 13.9. The van der Waals surface area contributed by atoms with Gasteiger partial charge in [0.25, 0.3) is 0 Å². The number of hydrogen-bond acceptors (Lipinski definition) is 2. The van der Waals surface area contributed by atoms with Crippen LogP contribution in [0.3, 0.4) is 0 Å². The molecule has 2 rings (SSSR count). The van der Waals surface area contributed by atoms with Crippen molar-refractivity contribution in [3.8, 4) is 0 Å². The molecule has 1 N–H and O–H groups in total. The molecule has 0 radical (unpaired) electrons. The SMILES string of the molecule is CCC1CCN(c2c(F)cc(F)cc2F)CCC(C)N1. The van der Waals surface area contributed by atoms with Gasteiger partial charge in [0, 0.05) is 37.3 Å². The number of rotatable bonds is 2. The zero-order valence-electron chi connectivity index (χ0n) is 11.9. The molecule has 2 unspecified atom stereocenters. The number of benzene rings is 1. The van der Waals surface area contributed by atoms with Crippen LogP contribution in [0.15, 0.2) is 12.1 Å². The Morgan fingerprint density at radius 1 is 1.15 bits per heavy atom. The van der Waals surface area contributed by atoms with Gasteiger partial charge in [-0.2, -0.15) is 0 Å². The van der Waals surface area contributed by atoms with E-state index in [2.05, 4.69) is 19.2 Å². The average Bonchev–Trinajstić information content (AvgIpc) is 2.35. The van der Waals surface area contributed by atoms with Crippen molar-refractivity contribution < 1.29 is 13.2 Å². The minimum absolute atomic E-state index is 0.102. The molecule has 1 aliphatic heterocycles. The van der Waals surface area contributed by atoms with Crippen molar-refractivity contribution in [2.24, 2.45) is 0 Å². The van der Waals surface area contributed by atoms with Crippen LogP contribution in [-0.2, 0) is 0 Å². The lowest BCUT2D eigenvalue weighted by molar-refractivity contribution is 0.375. The average molecular weight is 286 g/mol. The van der Waals surface area contributed by atoms with E-state index in [1.807, 2.05) is 0 Å². The van der Waals surface area contributed by atoms with Crippen molar-refractivity contribution in [3.05, 3.63) is 29.6 Å².